The molecule has 2 aliphatic rings. The molecule has 1 aromatic heterocycles. The Hall–Kier alpha value is -2.05. The third kappa shape index (κ3) is 2.87. The number of rotatable bonds is 5. The Bertz CT molecular complexity index is 707. The third-order valence-electron chi connectivity index (χ3n) is 5.12. The van der Waals surface area contributed by atoms with Gasteiger partial charge in [0.15, 0.2) is 11.5 Å². The Morgan fingerprint density at radius 3 is 2.83 bits per heavy atom. The van der Waals surface area contributed by atoms with Crippen LogP contribution >= 0.6 is 0 Å². The molecular formula is C18H23N3O3. The van der Waals surface area contributed by atoms with Crippen molar-refractivity contribution < 1.29 is 14.2 Å². The molecule has 4 rings (SSSR count). The van der Waals surface area contributed by atoms with Crippen LogP contribution in [0.15, 0.2) is 30.7 Å². The molecule has 0 unspecified atom stereocenters. The fourth-order valence-corrected chi connectivity index (χ4v) is 3.54. The number of imidazole rings is 1. The molecule has 1 N–H and O–H groups in total. The van der Waals surface area contributed by atoms with E-state index in [0.29, 0.717) is 6.79 Å². The van der Waals surface area contributed by atoms with Crippen molar-refractivity contribution in [1.82, 2.24) is 14.9 Å². The molecule has 6 nitrogen and oxygen atoms in total. The van der Waals surface area contributed by atoms with E-state index in [2.05, 4.69) is 22.4 Å². The Labute approximate surface area is 141 Å². The standard InChI is InChI=1S/C18H23N3O3/c1-21-12-20-10-15(21)9-19-11-18(4-6-22-7-5-18)14-2-3-16-17(8-14)24-13-23-16/h2-3,8,10,12,19H,4-7,9,11,13H2,1H3. The largest absolute Gasteiger partial charge is 0.454 e. The van der Waals surface area contributed by atoms with Gasteiger partial charge in [0.25, 0.3) is 0 Å². The van der Waals surface area contributed by atoms with Crippen LogP contribution in [0.4, 0.5) is 0 Å². The van der Waals surface area contributed by atoms with E-state index < -0.39 is 0 Å². The minimum absolute atomic E-state index is 0.0673. The lowest BCUT2D eigenvalue weighted by Gasteiger charge is -2.38. The second-order valence-electron chi connectivity index (χ2n) is 6.56. The summed E-state index contributed by atoms with van der Waals surface area (Å²) in [4.78, 5) is 4.17. The van der Waals surface area contributed by atoms with E-state index in [4.69, 9.17) is 14.2 Å². The van der Waals surface area contributed by atoms with Crippen LogP contribution in [0.25, 0.3) is 0 Å². The van der Waals surface area contributed by atoms with Gasteiger partial charge in [0.1, 0.15) is 0 Å². The summed E-state index contributed by atoms with van der Waals surface area (Å²) < 4.78 is 18.7. The molecule has 3 heterocycles. The number of fused-ring (bicyclic) bond motifs is 1. The normalized spacial score (nSPS) is 18.7. The van der Waals surface area contributed by atoms with Crippen molar-refractivity contribution >= 4 is 0 Å². The Morgan fingerprint density at radius 1 is 1.21 bits per heavy atom. The van der Waals surface area contributed by atoms with Crippen LogP contribution in [0.5, 0.6) is 11.5 Å². The van der Waals surface area contributed by atoms with Crippen LogP contribution in [0.1, 0.15) is 24.1 Å². The smallest absolute Gasteiger partial charge is 0.231 e. The summed E-state index contributed by atoms with van der Waals surface area (Å²) in [6.07, 6.45) is 5.75. The highest BCUT2D eigenvalue weighted by Crippen LogP contribution is 2.40. The number of hydrogen-bond donors (Lipinski definition) is 1. The highest BCUT2D eigenvalue weighted by Gasteiger charge is 2.35. The zero-order valence-corrected chi connectivity index (χ0v) is 14.0. The van der Waals surface area contributed by atoms with E-state index in [-0.39, 0.29) is 5.41 Å². The zero-order valence-electron chi connectivity index (χ0n) is 14.0. The average Bonchev–Trinajstić information content (AvgIpc) is 3.24. The number of nitrogens with one attached hydrogen (secondary N) is 1. The molecule has 6 heteroatoms. The van der Waals surface area contributed by atoms with Crippen LogP contribution in [-0.2, 0) is 23.7 Å². The van der Waals surface area contributed by atoms with Gasteiger partial charge in [0, 0.05) is 45.0 Å². The monoisotopic (exact) mass is 329 g/mol. The van der Waals surface area contributed by atoms with Crippen molar-refractivity contribution in [2.24, 2.45) is 7.05 Å². The van der Waals surface area contributed by atoms with Crippen molar-refractivity contribution in [2.45, 2.75) is 24.8 Å². The van der Waals surface area contributed by atoms with Gasteiger partial charge in [-0.1, -0.05) is 6.07 Å². The van der Waals surface area contributed by atoms with E-state index in [1.165, 1.54) is 11.3 Å². The molecule has 0 aliphatic carbocycles. The topological polar surface area (TPSA) is 57.5 Å². The van der Waals surface area contributed by atoms with E-state index >= 15 is 0 Å². The van der Waals surface area contributed by atoms with Crippen LogP contribution < -0.4 is 14.8 Å². The fraction of sp³-hybridized carbons (Fsp3) is 0.500. The molecule has 0 spiro atoms. The first-order valence-electron chi connectivity index (χ1n) is 8.41. The van der Waals surface area contributed by atoms with E-state index in [1.807, 2.05) is 30.2 Å². The summed E-state index contributed by atoms with van der Waals surface area (Å²) in [5.41, 5.74) is 2.55. The number of benzene rings is 1. The number of hydrogen-bond acceptors (Lipinski definition) is 5. The molecule has 1 fully saturated rings. The molecule has 1 aromatic carbocycles. The van der Waals surface area contributed by atoms with E-state index in [0.717, 1.165) is 50.6 Å². The lowest BCUT2D eigenvalue weighted by Crippen LogP contribution is -2.42. The van der Waals surface area contributed by atoms with Gasteiger partial charge in [-0.25, -0.2) is 4.98 Å². The van der Waals surface area contributed by atoms with Crippen LogP contribution in [0.3, 0.4) is 0 Å². The van der Waals surface area contributed by atoms with E-state index in [9.17, 15) is 0 Å². The summed E-state index contributed by atoms with van der Waals surface area (Å²) >= 11 is 0. The van der Waals surface area contributed by atoms with Gasteiger partial charge >= 0.3 is 0 Å². The second-order valence-corrected chi connectivity index (χ2v) is 6.56. The van der Waals surface area contributed by atoms with Gasteiger partial charge in [-0.3, -0.25) is 0 Å². The number of ether oxygens (including phenoxy) is 3. The highest BCUT2D eigenvalue weighted by molar-refractivity contribution is 5.47. The minimum Gasteiger partial charge on any atom is -0.454 e. The maximum Gasteiger partial charge on any atom is 0.231 e. The Balaban J connectivity index is 1.53. The van der Waals surface area contributed by atoms with Crippen molar-refractivity contribution in [1.29, 1.82) is 0 Å². The first-order valence-corrected chi connectivity index (χ1v) is 8.41. The lowest BCUT2D eigenvalue weighted by atomic mass is 9.74. The summed E-state index contributed by atoms with van der Waals surface area (Å²) in [6.45, 7) is 3.61. The van der Waals surface area contributed by atoms with E-state index in [1.54, 1.807) is 0 Å². The number of nitrogens with zero attached hydrogens (tertiary/aromatic N) is 2. The predicted octanol–water partition coefficient (Wildman–Crippen LogP) is 1.99. The molecule has 2 aromatic rings. The number of aromatic nitrogens is 2. The Morgan fingerprint density at radius 2 is 2.04 bits per heavy atom. The molecule has 1 saturated heterocycles. The first-order chi connectivity index (χ1) is 11.8. The SMILES string of the molecule is Cn1cncc1CNCC1(c2ccc3c(c2)OCO3)CCOCC1. The molecular weight excluding hydrogens is 306 g/mol. The van der Waals surface area contributed by atoms with Crippen molar-refractivity contribution in [3.05, 3.63) is 42.0 Å². The molecule has 0 saturated carbocycles. The molecule has 0 atom stereocenters. The summed E-state index contributed by atoms with van der Waals surface area (Å²) in [5, 5.41) is 3.62. The quantitative estimate of drug-likeness (QED) is 0.909. The maximum atomic E-state index is 5.61. The third-order valence-corrected chi connectivity index (χ3v) is 5.12. The van der Waals surface area contributed by atoms with Crippen molar-refractivity contribution in [3.63, 3.8) is 0 Å². The summed E-state index contributed by atoms with van der Waals surface area (Å²) in [6, 6.07) is 6.33. The molecule has 0 radical (unpaired) electrons. The van der Waals surface area contributed by atoms with Gasteiger partial charge in [0.05, 0.1) is 12.0 Å². The summed E-state index contributed by atoms with van der Waals surface area (Å²) in [5.74, 6) is 1.69. The van der Waals surface area contributed by atoms with Gasteiger partial charge in [0.2, 0.25) is 6.79 Å². The Kier molecular flexibility index (Phi) is 4.16. The van der Waals surface area contributed by atoms with Crippen molar-refractivity contribution in [3.8, 4) is 11.5 Å². The molecule has 0 bridgehead atoms. The van der Waals surface area contributed by atoms with Crippen LogP contribution in [-0.4, -0.2) is 36.1 Å². The molecule has 24 heavy (non-hydrogen) atoms. The van der Waals surface area contributed by atoms with Crippen LogP contribution in [0.2, 0.25) is 0 Å². The minimum atomic E-state index is 0.0673. The second kappa shape index (κ2) is 6.45. The first kappa shape index (κ1) is 15.5. The van der Waals surface area contributed by atoms with Crippen molar-refractivity contribution in [2.75, 3.05) is 26.6 Å². The predicted molar refractivity (Wildman–Crippen MR) is 89.2 cm³/mol. The average molecular weight is 329 g/mol. The highest BCUT2D eigenvalue weighted by atomic mass is 16.7. The van der Waals surface area contributed by atoms with Gasteiger partial charge in [-0.05, 0) is 30.5 Å². The maximum absolute atomic E-state index is 5.61. The number of aryl methyl sites for hydroxylation is 1. The molecule has 128 valence electrons. The summed E-state index contributed by atoms with van der Waals surface area (Å²) in [7, 11) is 2.02. The van der Waals surface area contributed by atoms with Gasteiger partial charge in [-0.15, -0.1) is 0 Å². The molecule has 0 amide bonds. The zero-order chi connectivity index (χ0) is 16.4. The van der Waals surface area contributed by atoms with Crippen LogP contribution in [0, 0.1) is 0 Å². The molecule has 2 aliphatic heterocycles. The van der Waals surface area contributed by atoms with Gasteiger partial charge < -0.3 is 24.1 Å². The lowest BCUT2D eigenvalue weighted by molar-refractivity contribution is 0.0496. The van der Waals surface area contributed by atoms with Gasteiger partial charge in [-0.2, -0.15) is 0 Å². The fourth-order valence-electron chi connectivity index (χ4n) is 3.54.